The van der Waals surface area contributed by atoms with Crippen LogP contribution in [0.1, 0.15) is 42.3 Å². The monoisotopic (exact) mass is 445 g/mol. The fourth-order valence-electron chi connectivity index (χ4n) is 5.17. The van der Waals surface area contributed by atoms with Crippen LogP contribution >= 0.6 is 0 Å². The molecule has 2 unspecified atom stereocenters. The van der Waals surface area contributed by atoms with Gasteiger partial charge in [-0.3, -0.25) is 14.3 Å². The van der Waals surface area contributed by atoms with E-state index < -0.39 is 5.82 Å². The number of piperidine rings is 1. The molecular formula is C25H24FN5O2. The molecule has 8 heteroatoms. The first-order valence-electron chi connectivity index (χ1n) is 11.3. The summed E-state index contributed by atoms with van der Waals surface area (Å²) in [4.78, 5) is 21.7. The molecule has 0 radical (unpaired) electrons. The summed E-state index contributed by atoms with van der Waals surface area (Å²) in [5.74, 6) is 0.605. The summed E-state index contributed by atoms with van der Waals surface area (Å²) in [6.07, 6.45) is 7.45. The van der Waals surface area contributed by atoms with E-state index in [2.05, 4.69) is 28.0 Å². The number of nitrogens with one attached hydrogen (secondary N) is 1. The topological polar surface area (TPSA) is 74.0 Å². The van der Waals surface area contributed by atoms with Crippen molar-refractivity contribution in [3.63, 3.8) is 0 Å². The molecule has 4 aromatic rings. The molecule has 33 heavy (non-hydrogen) atoms. The third-order valence-electron chi connectivity index (χ3n) is 6.77. The number of aryl methyl sites for hydroxylation is 1. The van der Waals surface area contributed by atoms with Gasteiger partial charge in [0.2, 0.25) is 0 Å². The van der Waals surface area contributed by atoms with E-state index in [0.29, 0.717) is 29.3 Å². The highest BCUT2D eigenvalue weighted by atomic mass is 19.1. The second-order valence-corrected chi connectivity index (χ2v) is 8.84. The SMILES string of the molecule is Cn1c2c(c3ccc(-n4ccc(OCc5ccc(F)cn5)cc4=O)nc31)C1CCCC(C2)N1. The predicted molar refractivity (Wildman–Crippen MR) is 122 cm³/mol. The van der Waals surface area contributed by atoms with Crippen molar-refractivity contribution in [2.45, 2.75) is 44.4 Å². The Morgan fingerprint density at radius 1 is 1.21 bits per heavy atom. The van der Waals surface area contributed by atoms with Crippen LogP contribution in [0.15, 0.2) is 53.6 Å². The summed E-state index contributed by atoms with van der Waals surface area (Å²) in [7, 11) is 2.07. The lowest BCUT2D eigenvalue weighted by molar-refractivity contribution is 0.299. The molecule has 0 spiro atoms. The Morgan fingerprint density at radius 3 is 2.94 bits per heavy atom. The molecule has 168 valence electrons. The third kappa shape index (κ3) is 3.51. The van der Waals surface area contributed by atoms with Crippen molar-refractivity contribution >= 4 is 11.0 Å². The van der Waals surface area contributed by atoms with E-state index in [-0.39, 0.29) is 12.2 Å². The number of ether oxygens (including phenoxy) is 1. The smallest absolute Gasteiger partial charge is 0.259 e. The highest BCUT2D eigenvalue weighted by Gasteiger charge is 2.34. The van der Waals surface area contributed by atoms with Gasteiger partial charge in [0.15, 0.2) is 0 Å². The van der Waals surface area contributed by atoms with Crippen molar-refractivity contribution in [1.82, 2.24) is 24.4 Å². The maximum Gasteiger partial charge on any atom is 0.259 e. The number of nitrogens with zero attached hydrogens (tertiary/aromatic N) is 4. The summed E-state index contributed by atoms with van der Waals surface area (Å²) in [5, 5.41) is 4.93. The van der Waals surface area contributed by atoms with Crippen molar-refractivity contribution in [2.24, 2.45) is 7.05 Å². The van der Waals surface area contributed by atoms with E-state index in [1.807, 2.05) is 6.07 Å². The van der Waals surface area contributed by atoms with Crippen LogP contribution in [-0.2, 0) is 20.1 Å². The summed E-state index contributed by atoms with van der Waals surface area (Å²) in [5.41, 5.74) is 3.98. The van der Waals surface area contributed by atoms with Gasteiger partial charge in [-0.2, -0.15) is 0 Å². The Bertz CT molecular complexity index is 1410. The van der Waals surface area contributed by atoms with Gasteiger partial charge in [0.1, 0.15) is 29.6 Å². The van der Waals surface area contributed by atoms with Crippen molar-refractivity contribution in [3.8, 4) is 11.6 Å². The molecule has 6 heterocycles. The number of hydrogen-bond acceptors (Lipinski definition) is 5. The number of fused-ring (bicyclic) bond motifs is 6. The molecule has 1 N–H and O–H groups in total. The van der Waals surface area contributed by atoms with Crippen LogP contribution in [0.4, 0.5) is 4.39 Å². The summed E-state index contributed by atoms with van der Waals surface area (Å²) < 4.78 is 22.4. The van der Waals surface area contributed by atoms with E-state index in [1.54, 1.807) is 18.3 Å². The van der Waals surface area contributed by atoms with E-state index >= 15 is 0 Å². The van der Waals surface area contributed by atoms with Crippen LogP contribution in [-0.4, -0.2) is 25.1 Å². The molecule has 0 aromatic carbocycles. The molecule has 0 saturated carbocycles. The number of halogens is 1. The largest absolute Gasteiger partial charge is 0.487 e. The molecule has 2 bridgehead atoms. The molecule has 2 aliphatic rings. The fraction of sp³-hybridized carbons (Fsp3) is 0.320. The molecule has 4 aromatic heterocycles. The van der Waals surface area contributed by atoms with E-state index in [1.165, 1.54) is 40.8 Å². The lowest BCUT2D eigenvalue weighted by atomic mass is 9.84. The average molecular weight is 445 g/mol. The van der Waals surface area contributed by atoms with Crippen molar-refractivity contribution in [2.75, 3.05) is 0 Å². The van der Waals surface area contributed by atoms with Crippen molar-refractivity contribution < 1.29 is 9.13 Å². The van der Waals surface area contributed by atoms with Gasteiger partial charge in [0.05, 0.1) is 11.9 Å². The van der Waals surface area contributed by atoms with Crippen molar-refractivity contribution in [1.29, 1.82) is 0 Å². The lowest BCUT2D eigenvalue weighted by Gasteiger charge is -2.36. The van der Waals surface area contributed by atoms with Gasteiger partial charge in [-0.15, -0.1) is 0 Å². The zero-order chi connectivity index (χ0) is 22.5. The van der Waals surface area contributed by atoms with Gasteiger partial charge in [-0.05, 0) is 55.2 Å². The highest BCUT2D eigenvalue weighted by molar-refractivity contribution is 5.84. The first-order valence-corrected chi connectivity index (χ1v) is 11.3. The Morgan fingerprint density at radius 2 is 2.12 bits per heavy atom. The molecule has 1 fully saturated rings. The first kappa shape index (κ1) is 20.1. The van der Waals surface area contributed by atoms with Crippen LogP contribution in [0.2, 0.25) is 0 Å². The maximum absolute atomic E-state index is 13.0. The lowest BCUT2D eigenvalue weighted by Crippen LogP contribution is -2.42. The van der Waals surface area contributed by atoms with E-state index in [9.17, 15) is 9.18 Å². The zero-order valence-electron chi connectivity index (χ0n) is 18.3. The van der Waals surface area contributed by atoms with Crippen LogP contribution in [0, 0.1) is 5.82 Å². The second kappa shape index (κ2) is 7.81. The van der Waals surface area contributed by atoms with Crippen LogP contribution in [0.25, 0.3) is 16.9 Å². The third-order valence-corrected chi connectivity index (χ3v) is 6.77. The van der Waals surface area contributed by atoms with Crippen molar-refractivity contribution in [3.05, 3.63) is 81.9 Å². The minimum absolute atomic E-state index is 0.152. The Balaban J connectivity index is 1.30. The van der Waals surface area contributed by atoms with Gasteiger partial charge >= 0.3 is 0 Å². The molecule has 2 atom stereocenters. The minimum Gasteiger partial charge on any atom is -0.487 e. The standard InChI is InChI=1S/C25H24FN5O2/c1-30-21-11-16-3-2-4-20(28-16)24(21)19-7-8-22(29-25(19)30)31-10-9-18(12-23(31)32)33-14-17-6-5-15(26)13-27-17/h5-10,12-13,16,20,28H,2-4,11,14H2,1H3. The number of pyridine rings is 3. The normalized spacial score (nSPS) is 19.5. The number of aromatic nitrogens is 4. The Labute approximate surface area is 189 Å². The average Bonchev–Trinajstić information content (AvgIpc) is 3.10. The first-order chi connectivity index (χ1) is 16.1. The molecular weight excluding hydrogens is 421 g/mol. The Hall–Kier alpha value is -3.52. The maximum atomic E-state index is 13.0. The van der Waals surface area contributed by atoms with Gasteiger partial charge in [0, 0.05) is 48.9 Å². The quantitative estimate of drug-likeness (QED) is 0.520. The second-order valence-electron chi connectivity index (χ2n) is 8.84. The minimum atomic E-state index is -0.399. The van der Waals surface area contributed by atoms with E-state index in [0.717, 1.165) is 30.1 Å². The van der Waals surface area contributed by atoms with E-state index in [4.69, 9.17) is 9.72 Å². The van der Waals surface area contributed by atoms with Gasteiger partial charge in [0.25, 0.3) is 5.56 Å². The zero-order valence-corrected chi connectivity index (χ0v) is 18.3. The molecule has 6 rings (SSSR count). The summed E-state index contributed by atoms with van der Waals surface area (Å²) in [6, 6.07) is 11.0. The Kier molecular flexibility index (Phi) is 4.76. The van der Waals surface area contributed by atoms with Crippen LogP contribution in [0.3, 0.4) is 0 Å². The number of hydrogen-bond donors (Lipinski definition) is 1. The van der Waals surface area contributed by atoms with Crippen LogP contribution in [0.5, 0.6) is 5.75 Å². The molecule has 2 aliphatic heterocycles. The molecule has 0 amide bonds. The van der Waals surface area contributed by atoms with Crippen LogP contribution < -0.4 is 15.6 Å². The van der Waals surface area contributed by atoms with Gasteiger partial charge in [-0.25, -0.2) is 9.37 Å². The molecule has 1 saturated heterocycles. The summed E-state index contributed by atoms with van der Waals surface area (Å²) >= 11 is 0. The van der Waals surface area contributed by atoms with Gasteiger partial charge in [-0.1, -0.05) is 0 Å². The summed E-state index contributed by atoms with van der Waals surface area (Å²) in [6.45, 7) is 0.152. The molecule has 0 aliphatic carbocycles. The number of rotatable bonds is 4. The molecule has 7 nitrogen and oxygen atoms in total. The fourth-order valence-corrected chi connectivity index (χ4v) is 5.17. The van der Waals surface area contributed by atoms with Gasteiger partial charge < -0.3 is 14.6 Å². The predicted octanol–water partition coefficient (Wildman–Crippen LogP) is 3.58. The highest BCUT2D eigenvalue weighted by Crippen LogP contribution is 2.39.